The average Bonchev–Trinajstić information content (AvgIpc) is 2.19. The van der Waals surface area contributed by atoms with Crippen molar-refractivity contribution in [3.8, 4) is 5.75 Å². The zero-order valence-corrected chi connectivity index (χ0v) is 7.73. The van der Waals surface area contributed by atoms with E-state index in [2.05, 4.69) is 9.39 Å². The third kappa shape index (κ3) is 3.01. The Labute approximate surface area is 82.1 Å². The number of hydrogen-bond donors (Lipinski definition) is 0. The third-order valence-electron chi connectivity index (χ3n) is 1.66. The van der Waals surface area contributed by atoms with E-state index in [1.54, 1.807) is 24.3 Å². The molecule has 0 fully saturated rings. The maximum absolute atomic E-state index is 10.9. The molecule has 0 aliphatic heterocycles. The average molecular weight is 192 g/mol. The van der Waals surface area contributed by atoms with Gasteiger partial charge in [0.25, 0.3) is 0 Å². The fourth-order valence-electron chi connectivity index (χ4n) is 1.02. The second-order valence-corrected chi connectivity index (χ2v) is 2.61. The van der Waals surface area contributed by atoms with Crippen LogP contribution in [0.1, 0.15) is 5.56 Å². The van der Waals surface area contributed by atoms with Gasteiger partial charge in [-0.2, -0.15) is 0 Å². The summed E-state index contributed by atoms with van der Waals surface area (Å²) < 4.78 is 19.2. The van der Waals surface area contributed by atoms with Crippen molar-refractivity contribution in [2.24, 2.45) is 0 Å². The SMILES string of the molecule is COC(=O)Cc1cccc(OB=O)c1. The van der Waals surface area contributed by atoms with Gasteiger partial charge in [-0.25, -0.2) is 0 Å². The van der Waals surface area contributed by atoms with Crippen LogP contribution >= 0.6 is 0 Å². The summed E-state index contributed by atoms with van der Waals surface area (Å²) in [7, 11) is 1.67. The van der Waals surface area contributed by atoms with Crippen molar-refractivity contribution in [3.05, 3.63) is 29.8 Å². The van der Waals surface area contributed by atoms with Gasteiger partial charge in [-0.1, -0.05) is 0 Å². The molecule has 72 valence electrons. The van der Waals surface area contributed by atoms with Gasteiger partial charge in [-0.3, -0.25) is 0 Å². The first-order valence-corrected chi connectivity index (χ1v) is 4.02. The first-order valence-electron chi connectivity index (χ1n) is 4.02. The van der Waals surface area contributed by atoms with Crippen molar-refractivity contribution in [2.75, 3.05) is 7.11 Å². The molecular weight excluding hydrogens is 183 g/mol. The number of rotatable bonds is 4. The van der Waals surface area contributed by atoms with Gasteiger partial charge in [0.1, 0.15) is 0 Å². The van der Waals surface area contributed by atoms with Crippen molar-refractivity contribution in [1.29, 1.82) is 0 Å². The van der Waals surface area contributed by atoms with Crippen molar-refractivity contribution < 1.29 is 18.9 Å². The number of carbonyl (C=O) groups excluding carboxylic acids is 1. The fourth-order valence-corrected chi connectivity index (χ4v) is 1.02. The number of esters is 1. The van der Waals surface area contributed by atoms with E-state index in [-0.39, 0.29) is 12.4 Å². The van der Waals surface area contributed by atoms with E-state index in [1.165, 1.54) is 7.11 Å². The van der Waals surface area contributed by atoms with Gasteiger partial charge in [-0.05, 0) is 0 Å². The summed E-state index contributed by atoms with van der Waals surface area (Å²) in [5.74, 6) is 0.0923. The molecule has 0 spiro atoms. The van der Waals surface area contributed by atoms with Crippen LogP contribution in [0.4, 0.5) is 0 Å². The van der Waals surface area contributed by atoms with E-state index in [9.17, 15) is 9.50 Å². The Morgan fingerprint density at radius 1 is 1.50 bits per heavy atom. The number of ether oxygens (including phenoxy) is 1. The summed E-state index contributed by atoms with van der Waals surface area (Å²) in [5.41, 5.74) is 0.746. The second kappa shape index (κ2) is 5.16. The Bertz CT molecular complexity index is 337. The molecule has 0 amide bonds. The number of hydrogen-bond acceptors (Lipinski definition) is 4. The zero-order chi connectivity index (χ0) is 10.4. The van der Waals surface area contributed by atoms with Crippen LogP contribution in [0.15, 0.2) is 24.3 Å². The molecule has 1 rings (SSSR count). The maximum atomic E-state index is 10.9. The van der Waals surface area contributed by atoms with E-state index in [1.807, 2.05) is 0 Å². The van der Waals surface area contributed by atoms with Crippen LogP contribution in [0.5, 0.6) is 5.75 Å². The second-order valence-electron chi connectivity index (χ2n) is 2.61. The molecule has 0 aliphatic rings. The molecule has 0 saturated carbocycles. The van der Waals surface area contributed by atoms with E-state index >= 15 is 0 Å². The monoisotopic (exact) mass is 192 g/mol. The van der Waals surface area contributed by atoms with E-state index in [0.29, 0.717) is 13.1 Å². The molecule has 14 heavy (non-hydrogen) atoms. The van der Waals surface area contributed by atoms with Crippen LogP contribution in [0, 0.1) is 0 Å². The first kappa shape index (κ1) is 10.4. The molecular formula is C9H9BO4. The van der Waals surface area contributed by atoms with Crippen LogP contribution < -0.4 is 4.65 Å². The topological polar surface area (TPSA) is 52.6 Å². The Morgan fingerprint density at radius 3 is 2.93 bits per heavy atom. The van der Waals surface area contributed by atoms with Crippen LogP contribution in [-0.4, -0.2) is 20.4 Å². The molecule has 0 heterocycles. The standard InChI is InChI=1S/C9H9BO4/c1-13-9(11)6-7-3-2-4-8(5-7)14-10-12/h2-5H,6H2,1H3. The Kier molecular flexibility index (Phi) is 3.85. The number of benzene rings is 1. The summed E-state index contributed by atoms with van der Waals surface area (Å²) in [5, 5.41) is 0. The molecule has 0 unspecified atom stereocenters. The molecule has 1 aromatic carbocycles. The van der Waals surface area contributed by atoms with Gasteiger partial charge >= 0.3 is 81.3 Å². The number of methoxy groups -OCH3 is 1. The van der Waals surface area contributed by atoms with Gasteiger partial charge in [-0.15, -0.1) is 0 Å². The van der Waals surface area contributed by atoms with Crippen molar-refractivity contribution in [2.45, 2.75) is 6.42 Å². The molecule has 0 saturated heterocycles. The first-order chi connectivity index (χ1) is 6.76. The molecule has 0 N–H and O–H groups in total. The van der Waals surface area contributed by atoms with Crippen molar-refractivity contribution in [1.82, 2.24) is 0 Å². The zero-order valence-electron chi connectivity index (χ0n) is 7.73. The predicted octanol–water partition coefficient (Wildman–Crippen LogP) is 0.746. The molecule has 5 heteroatoms. The van der Waals surface area contributed by atoms with Crippen LogP contribution in [0.3, 0.4) is 0 Å². The molecule has 0 aromatic heterocycles. The molecule has 0 radical (unpaired) electrons. The normalized spacial score (nSPS) is 8.93. The Balaban J connectivity index is 2.72. The molecule has 4 nitrogen and oxygen atoms in total. The minimum atomic E-state index is -0.326. The molecule has 0 bridgehead atoms. The van der Waals surface area contributed by atoms with Gasteiger partial charge in [0.15, 0.2) is 0 Å². The minimum absolute atomic E-state index is 0.173. The third-order valence-corrected chi connectivity index (χ3v) is 1.66. The summed E-state index contributed by atoms with van der Waals surface area (Å²) in [6, 6.07) is 6.71. The summed E-state index contributed by atoms with van der Waals surface area (Å²) in [6.07, 6.45) is 0.173. The fraction of sp³-hybridized carbons (Fsp3) is 0.222. The molecule has 0 atom stereocenters. The Hall–Kier alpha value is -1.65. The van der Waals surface area contributed by atoms with Crippen LogP contribution in [0.25, 0.3) is 0 Å². The van der Waals surface area contributed by atoms with E-state index in [0.717, 1.165) is 5.56 Å². The van der Waals surface area contributed by atoms with Gasteiger partial charge in [0.05, 0.1) is 0 Å². The summed E-state index contributed by atoms with van der Waals surface area (Å²) >= 11 is 0. The van der Waals surface area contributed by atoms with E-state index in [4.69, 9.17) is 0 Å². The molecule has 0 aliphatic carbocycles. The quantitative estimate of drug-likeness (QED) is 0.521. The van der Waals surface area contributed by atoms with Crippen molar-refractivity contribution in [3.63, 3.8) is 0 Å². The predicted molar refractivity (Wildman–Crippen MR) is 49.2 cm³/mol. The van der Waals surface area contributed by atoms with Gasteiger partial charge < -0.3 is 0 Å². The number of carbonyl (C=O) groups is 1. The van der Waals surface area contributed by atoms with Gasteiger partial charge in [0, 0.05) is 0 Å². The van der Waals surface area contributed by atoms with Crippen molar-refractivity contribution >= 4 is 13.3 Å². The van der Waals surface area contributed by atoms with Crippen LogP contribution in [-0.2, 0) is 20.7 Å². The van der Waals surface area contributed by atoms with Gasteiger partial charge in [0.2, 0.25) is 0 Å². The van der Waals surface area contributed by atoms with E-state index < -0.39 is 0 Å². The van der Waals surface area contributed by atoms with Crippen LogP contribution in [0.2, 0.25) is 0 Å². The summed E-state index contributed by atoms with van der Waals surface area (Å²) in [4.78, 5) is 10.9. The Morgan fingerprint density at radius 2 is 2.29 bits per heavy atom. The molecule has 1 aromatic rings. The summed E-state index contributed by atoms with van der Waals surface area (Å²) in [6.45, 7) is 0.